The molecule has 4 heterocycles. The first-order chi connectivity index (χ1) is 13.1. The number of imidazole rings is 1. The first-order valence-corrected chi connectivity index (χ1v) is 9.84. The number of hydrogen-bond donors (Lipinski definition) is 0. The predicted octanol–water partition coefficient (Wildman–Crippen LogP) is 3.57. The molecule has 1 saturated heterocycles. The summed E-state index contributed by atoms with van der Waals surface area (Å²) in [6.07, 6.45) is 2.55. The number of likely N-dealkylation sites (tertiary alicyclic amines) is 1. The van der Waals surface area contributed by atoms with Crippen LogP contribution in [-0.2, 0) is 17.9 Å². The minimum atomic E-state index is -0.415. The molecule has 5 nitrogen and oxygen atoms in total. The molecule has 1 amide bonds. The zero-order valence-electron chi connectivity index (χ0n) is 14.6. The number of ether oxygens (including phenoxy) is 1. The summed E-state index contributed by atoms with van der Waals surface area (Å²) in [6.45, 7) is 2.24. The fraction of sp³-hybridized carbons (Fsp3) is 0.300. The van der Waals surface area contributed by atoms with Crippen LogP contribution >= 0.6 is 11.3 Å². The van der Waals surface area contributed by atoms with E-state index in [4.69, 9.17) is 4.74 Å². The van der Waals surface area contributed by atoms with Gasteiger partial charge >= 0.3 is 0 Å². The fourth-order valence-corrected chi connectivity index (χ4v) is 4.60. The third kappa shape index (κ3) is 2.87. The highest BCUT2D eigenvalue weighted by atomic mass is 32.1. The molecule has 1 aromatic carbocycles. The molecule has 2 aliphatic rings. The Morgan fingerprint density at radius 2 is 2.22 bits per heavy atom. The number of rotatable bonds is 2. The molecule has 2 aliphatic heterocycles. The Morgan fingerprint density at radius 1 is 1.30 bits per heavy atom. The highest BCUT2D eigenvalue weighted by molar-refractivity contribution is 7.08. The summed E-state index contributed by atoms with van der Waals surface area (Å²) in [5.41, 5.74) is 2.00. The van der Waals surface area contributed by atoms with E-state index in [2.05, 4.69) is 9.55 Å². The van der Waals surface area contributed by atoms with Gasteiger partial charge in [0.15, 0.2) is 0 Å². The number of aromatic nitrogens is 2. The van der Waals surface area contributed by atoms with Crippen molar-refractivity contribution in [3.63, 3.8) is 0 Å². The topological polar surface area (TPSA) is 47.4 Å². The van der Waals surface area contributed by atoms with Crippen LogP contribution in [0.3, 0.4) is 0 Å². The van der Waals surface area contributed by atoms with Crippen molar-refractivity contribution in [3.8, 4) is 11.3 Å². The molecule has 27 heavy (non-hydrogen) atoms. The van der Waals surface area contributed by atoms with Crippen molar-refractivity contribution < 1.29 is 13.9 Å². The SMILES string of the molecule is O=C(c1ccsc1)N1CC[C@@]2(C1)Cn1c(-c3cccc(F)c3)cnc1CO2. The number of halogens is 1. The van der Waals surface area contributed by atoms with Crippen molar-refractivity contribution in [1.82, 2.24) is 14.5 Å². The lowest BCUT2D eigenvalue weighted by molar-refractivity contribution is -0.0804. The van der Waals surface area contributed by atoms with Gasteiger partial charge in [0.2, 0.25) is 0 Å². The van der Waals surface area contributed by atoms with Gasteiger partial charge in [0.25, 0.3) is 5.91 Å². The number of benzene rings is 1. The van der Waals surface area contributed by atoms with Gasteiger partial charge in [-0.05, 0) is 30.0 Å². The van der Waals surface area contributed by atoms with Crippen LogP contribution in [0, 0.1) is 5.82 Å². The lowest BCUT2D eigenvalue weighted by atomic mass is 10.0. The van der Waals surface area contributed by atoms with E-state index < -0.39 is 5.60 Å². The summed E-state index contributed by atoms with van der Waals surface area (Å²) in [4.78, 5) is 19.0. The van der Waals surface area contributed by atoms with Crippen molar-refractivity contribution in [3.05, 3.63) is 64.5 Å². The van der Waals surface area contributed by atoms with Gasteiger partial charge in [-0.3, -0.25) is 4.79 Å². The Kier molecular flexibility index (Phi) is 3.87. The van der Waals surface area contributed by atoms with E-state index in [0.29, 0.717) is 26.2 Å². The molecule has 0 N–H and O–H groups in total. The largest absolute Gasteiger partial charge is 0.363 e. The van der Waals surface area contributed by atoms with Crippen LogP contribution in [-0.4, -0.2) is 39.0 Å². The Morgan fingerprint density at radius 3 is 3.04 bits per heavy atom. The molecule has 0 aliphatic carbocycles. The number of carbonyl (C=O) groups is 1. The van der Waals surface area contributed by atoms with Gasteiger partial charge in [-0.2, -0.15) is 11.3 Å². The third-order valence-corrected chi connectivity index (χ3v) is 6.07. The molecule has 0 bridgehead atoms. The van der Waals surface area contributed by atoms with Gasteiger partial charge < -0.3 is 14.2 Å². The lowest BCUT2D eigenvalue weighted by Crippen LogP contribution is -2.45. The zero-order chi connectivity index (χ0) is 18.4. The average molecular weight is 383 g/mol. The molecule has 0 radical (unpaired) electrons. The zero-order valence-corrected chi connectivity index (χ0v) is 15.4. The number of amides is 1. The van der Waals surface area contributed by atoms with Crippen molar-refractivity contribution in [1.29, 1.82) is 0 Å². The third-order valence-electron chi connectivity index (χ3n) is 5.38. The Balaban J connectivity index is 1.41. The van der Waals surface area contributed by atoms with Crippen LogP contribution in [0.4, 0.5) is 4.39 Å². The molecule has 1 atom stereocenters. The molecule has 1 spiro atoms. The highest BCUT2D eigenvalue weighted by Crippen LogP contribution is 2.35. The molecule has 5 rings (SSSR count). The van der Waals surface area contributed by atoms with Crippen LogP contribution in [0.1, 0.15) is 22.6 Å². The van der Waals surface area contributed by atoms with Crippen LogP contribution < -0.4 is 0 Å². The molecular formula is C20H18FN3O2S. The lowest BCUT2D eigenvalue weighted by Gasteiger charge is -2.35. The number of nitrogens with zero attached hydrogens (tertiary/aromatic N) is 3. The maximum atomic E-state index is 13.7. The minimum absolute atomic E-state index is 0.0542. The maximum Gasteiger partial charge on any atom is 0.254 e. The van der Waals surface area contributed by atoms with E-state index >= 15 is 0 Å². The number of fused-ring (bicyclic) bond motifs is 1. The van der Waals surface area contributed by atoms with Crippen LogP contribution in [0.2, 0.25) is 0 Å². The van der Waals surface area contributed by atoms with E-state index in [1.807, 2.05) is 27.8 Å². The van der Waals surface area contributed by atoms with Gasteiger partial charge in [0, 0.05) is 17.5 Å². The fourth-order valence-electron chi connectivity index (χ4n) is 3.97. The highest BCUT2D eigenvalue weighted by Gasteiger charge is 2.44. The van der Waals surface area contributed by atoms with Crippen LogP contribution in [0.25, 0.3) is 11.3 Å². The Labute approximate surface area is 160 Å². The maximum absolute atomic E-state index is 13.7. The minimum Gasteiger partial charge on any atom is -0.363 e. The molecule has 0 saturated carbocycles. The second-order valence-electron chi connectivity index (χ2n) is 7.12. The van der Waals surface area contributed by atoms with Crippen molar-refractivity contribution >= 4 is 17.2 Å². The van der Waals surface area contributed by atoms with Crippen molar-refractivity contribution in [2.75, 3.05) is 13.1 Å². The van der Waals surface area contributed by atoms with E-state index in [-0.39, 0.29) is 11.7 Å². The van der Waals surface area contributed by atoms with E-state index in [9.17, 15) is 9.18 Å². The van der Waals surface area contributed by atoms with E-state index in [1.165, 1.54) is 23.5 Å². The second kappa shape index (κ2) is 6.28. The average Bonchev–Trinajstić information content (AvgIpc) is 3.41. The van der Waals surface area contributed by atoms with Gasteiger partial charge in [0.05, 0.1) is 30.5 Å². The standard InChI is InChI=1S/C20H18FN3O2S/c21-16-3-1-2-14(8-16)17-9-22-18-10-26-20(13-24(17)18)5-6-23(12-20)19(25)15-4-7-27-11-15/h1-4,7-9,11H,5-6,10,12-13H2/t20-/m1/s1. The van der Waals surface area contributed by atoms with E-state index in [1.54, 1.807) is 12.3 Å². The molecule has 2 aromatic heterocycles. The number of hydrogen-bond acceptors (Lipinski definition) is 4. The summed E-state index contributed by atoms with van der Waals surface area (Å²) in [5.74, 6) is 0.624. The second-order valence-corrected chi connectivity index (χ2v) is 7.90. The Hall–Kier alpha value is -2.51. The molecule has 3 aromatic rings. The first kappa shape index (κ1) is 16.6. The quantitative estimate of drug-likeness (QED) is 0.680. The monoisotopic (exact) mass is 383 g/mol. The number of carbonyl (C=O) groups excluding carboxylic acids is 1. The number of thiophene rings is 1. The summed E-state index contributed by atoms with van der Waals surface area (Å²) < 4.78 is 21.9. The molecular weight excluding hydrogens is 365 g/mol. The first-order valence-electron chi connectivity index (χ1n) is 8.89. The van der Waals surface area contributed by atoms with Gasteiger partial charge in [-0.15, -0.1) is 0 Å². The normalized spacial score (nSPS) is 21.6. The smallest absolute Gasteiger partial charge is 0.254 e. The van der Waals surface area contributed by atoms with Gasteiger partial charge in [-0.25, -0.2) is 9.37 Å². The van der Waals surface area contributed by atoms with Crippen LogP contribution in [0.15, 0.2) is 47.3 Å². The van der Waals surface area contributed by atoms with Crippen LogP contribution in [0.5, 0.6) is 0 Å². The predicted molar refractivity (Wildman–Crippen MR) is 100.0 cm³/mol. The summed E-state index contributed by atoms with van der Waals surface area (Å²) in [7, 11) is 0. The Bertz CT molecular complexity index is 1000. The van der Waals surface area contributed by atoms with Gasteiger partial charge in [0.1, 0.15) is 23.8 Å². The van der Waals surface area contributed by atoms with Crippen molar-refractivity contribution in [2.45, 2.75) is 25.2 Å². The molecule has 7 heteroatoms. The van der Waals surface area contributed by atoms with Crippen molar-refractivity contribution in [2.24, 2.45) is 0 Å². The summed E-state index contributed by atoms with van der Waals surface area (Å²) >= 11 is 1.52. The molecule has 0 unspecified atom stereocenters. The summed E-state index contributed by atoms with van der Waals surface area (Å²) in [6, 6.07) is 8.41. The molecule has 1 fully saturated rings. The molecule has 138 valence electrons. The van der Waals surface area contributed by atoms with E-state index in [0.717, 1.165) is 29.1 Å². The summed E-state index contributed by atoms with van der Waals surface area (Å²) in [5, 5.41) is 3.80. The van der Waals surface area contributed by atoms with Gasteiger partial charge in [-0.1, -0.05) is 12.1 Å².